The van der Waals surface area contributed by atoms with Crippen LogP contribution in [0.15, 0.2) is 54.0 Å². The van der Waals surface area contributed by atoms with Crippen molar-refractivity contribution < 1.29 is 23.9 Å². The van der Waals surface area contributed by atoms with Gasteiger partial charge in [0.25, 0.3) is 5.91 Å². The lowest BCUT2D eigenvalue weighted by Crippen LogP contribution is -2.74. The van der Waals surface area contributed by atoms with Gasteiger partial charge in [0.15, 0.2) is 12.6 Å². The second-order valence-corrected chi connectivity index (χ2v) is 6.99. The topological polar surface area (TPSA) is 84.9 Å². The molecule has 0 bridgehead atoms. The van der Waals surface area contributed by atoms with Crippen molar-refractivity contribution in [3.63, 3.8) is 0 Å². The van der Waals surface area contributed by atoms with E-state index >= 15 is 0 Å². The largest absolute Gasteiger partial charge is 0.484 e. The summed E-state index contributed by atoms with van der Waals surface area (Å²) in [7, 11) is 1.25. The minimum Gasteiger partial charge on any atom is -0.484 e. The first-order chi connectivity index (χ1) is 12.4. The van der Waals surface area contributed by atoms with Gasteiger partial charge in [0.05, 0.1) is 7.11 Å². The van der Waals surface area contributed by atoms with Gasteiger partial charge in [0.1, 0.15) is 17.2 Å². The van der Waals surface area contributed by atoms with Gasteiger partial charge in [-0.15, -0.1) is 0 Å². The number of thioether (sulfide) groups is 1. The van der Waals surface area contributed by atoms with E-state index in [0.29, 0.717) is 16.2 Å². The highest BCUT2D eigenvalue weighted by molar-refractivity contribution is 8.04. The van der Waals surface area contributed by atoms with Crippen molar-refractivity contribution in [3.8, 4) is 5.75 Å². The number of methoxy groups -OCH3 is 1. The lowest BCUT2D eigenvalue weighted by Gasteiger charge is -2.53. The molecule has 1 aromatic carbocycles. The second-order valence-electron chi connectivity index (χ2n) is 5.77. The summed E-state index contributed by atoms with van der Waals surface area (Å²) in [6, 6.07) is 7.25. The molecule has 1 aromatic rings. The summed E-state index contributed by atoms with van der Waals surface area (Å²) in [5.74, 6) is -0.796. The number of para-hydroxylation sites is 1. The lowest BCUT2D eigenvalue weighted by molar-refractivity contribution is -0.161. The van der Waals surface area contributed by atoms with Gasteiger partial charge >= 0.3 is 5.97 Å². The zero-order valence-electron chi connectivity index (χ0n) is 14.1. The number of hydrogen-bond donors (Lipinski definition) is 1. The number of fused-ring (bicyclic) bond motifs is 1. The Hall–Kier alpha value is -2.74. The first kappa shape index (κ1) is 18.1. The Morgan fingerprint density at radius 2 is 1.96 bits per heavy atom. The van der Waals surface area contributed by atoms with Crippen molar-refractivity contribution in [2.24, 2.45) is 0 Å². The van der Waals surface area contributed by atoms with Crippen LogP contribution in [0.1, 0.15) is 0 Å². The van der Waals surface area contributed by atoms with E-state index in [1.165, 1.54) is 23.8 Å². The molecule has 0 saturated carbocycles. The fourth-order valence-corrected chi connectivity index (χ4v) is 4.02. The molecule has 2 heterocycles. The molecule has 2 aliphatic rings. The molecule has 0 aromatic heterocycles. The highest BCUT2D eigenvalue weighted by Crippen LogP contribution is 2.45. The van der Waals surface area contributed by atoms with Crippen molar-refractivity contribution in [1.29, 1.82) is 0 Å². The average molecular weight is 374 g/mol. The monoisotopic (exact) mass is 374 g/mol. The van der Waals surface area contributed by atoms with Crippen LogP contribution in [-0.2, 0) is 19.1 Å². The van der Waals surface area contributed by atoms with Gasteiger partial charge in [-0.3, -0.25) is 9.59 Å². The molecule has 3 atom stereocenters. The third kappa shape index (κ3) is 3.20. The molecule has 136 valence electrons. The molecule has 2 saturated heterocycles. The zero-order valence-corrected chi connectivity index (χ0v) is 15.0. The summed E-state index contributed by atoms with van der Waals surface area (Å²) in [5, 5.41) is 2.22. The zero-order chi connectivity index (χ0) is 18.8. The Morgan fingerprint density at radius 3 is 2.62 bits per heavy atom. The van der Waals surface area contributed by atoms with Crippen LogP contribution in [0, 0.1) is 0 Å². The van der Waals surface area contributed by atoms with Gasteiger partial charge < -0.3 is 19.7 Å². The maximum absolute atomic E-state index is 12.5. The predicted molar refractivity (Wildman–Crippen MR) is 96.2 cm³/mol. The summed E-state index contributed by atoms with van der Waals surface area (Å²) < 4.78 is 10.1. The maximum atomic E-state index is 12.5. The highest BCUT2D eigenvalue weighted by atomic mass is 32.2. The fraction of sp³-hybridized carbons (Fsp3) is 0.278. The molecule has 2 aliphatic heterocycles. The summed E-state index contributed by atoms with van der Waals surface area (Å²) in [6.07, 6.45) is 0. The normalized spacial score (nSPS) is 24.4. The van der Waals surface area contributed by atoms with Crippen LogP contribution < -0.4 is 10.1 Å². The number of β-lactam (4-membered cyclic amide) rings is 1. The van der Waals surface area contributed by atoms with E-state index in [-0.39, 0.29) is 12.5 Å². The molecule has 2 amide bonds. The van der Waals surface area contributed by atoms with Crippen molar-refractivity contribution >= 4 is 29.5 Å². The molecule has 3 rings (SSSR count). The van der Waals surface area contributed by atoms with Crippen molar-refractivity contribution in [2.75, 3.05) is 13.7 Å². The second kappa shape index (κ2) is 7.25. The quantitative estimate of drug-likeness (QED) is 0.613. The number of carbonyl (C=O) groups excluding carboxylic acids is 3. The molecule has 0 radical (unpaired) electrons. The Balaban J connectivity index is 1.63. The number of benzene rings is 1. The molecule has 26 heavy (non-hydrogen) atoms. The molecule has 8 heteroatoms. The number of hydrogen-bond acceptors (Lipinski definition) is 6. The number of esters is 1. The Labute approximate surface area is 155 Å². The Morgan fingerprint density at radius 1 is 1.27 bits per heavy atom. The van der Waals surface area contributed by atoms with Crippen LogP contribution in [-0.4, -0.2) is 53.9 Å². The molecular formula is C18H18N2O5S. The van der Waals surface area contributed by atoms with Crippen LogP contribution in [0.3, 0.4) is 0 Å². The summed E-state index contributed by atoms with van der Waals surface area (Å²) in [6.45, 7) is 7.49. The Kier molecular flexibility index (Phi) is 5.03. The fourth-order valence-electron chi connectivity index (χ4n) is 2.81. The number of nitrogens with zero attached hydrogens (tertiary/aromatic N) is 1. The third-order valence-corrected chi connectivity index (χ3v) is 5.45. The average Bonchev–Trinajstić information content (AvgIpc) is 2.66. The molecular weight excluding hydrogens is 356 g/mol. The molecule has 1 N–H and O–H groups in total. The van der Waals surface area contributed by atoms with E-state index in [1.54, 1.807) is 24.3 Å². The number of amides is 2. The summed E-state index contributed by atoms with van der Waals surface area (Å²) in [5.41, 5.74) is 0.434. The summed E-state index contributed by atoms with van der Waals surface area (Å²) >= 11 is 1.29. The molecule has 2 fully saturated rings. The van der Waals surface area contributed by atoms with Gasteiger partial charge in [-0.05, 0) is 17.7 Å². The van der Waals surface area contributed by atoms with Crippen LogP contribution in [0.4, 0.5) is 0 Å². The first-order valence-electron chi connectivity index (χ1n) is 7.86. The standard InChI is InChI=1S/C18H18N2O5S/c1-10-11(2)26-17-14(16(22)20(17)15(10)18(23)24-3)19-13(21)9-25-12-7-5-4-6-8-12/h4-8,14-15,17H,1-2,9H2,3H3,(H,19,21)/t14-,15?,17-/m1/s1. The van der Waals surface area contributed by atoms with Crippen LogP contribution in [0.25, 0.3) is 0 Å². The van der Waals surface area contributed by atoms with Crippen molar-refractivity contribution in [2.45, 2.75) is 17.5 Å². The van der Waals surface area contributed by atoms with Gasteiger partial charge in [-0.2, -0.15) is 0 Å². The van der Waals surface area contributed by atoms with Crippen LogP contribution in [0.5, 0.6) is 5.75 Å². The molecule has 1 unspecified atom stereocenters. The third-order valence-electron chi connectivity index (χ3n) is 4.16. The van der Waals surface area contributed by atoms with E-state index in [9.17, 15) is 14.4 Å². The molecule has 0 aliphatic carbocycles. The van der Waals surface area contributed by atoms with E-state index in [4.69, 9.17) is 9.47 Å². The van der Waals surface area contributed by atoms with Gasteiger partial charge in [0, 0.05) is 4.91 Å². The minimum absolute atomic E-state index is 0.209. The first-order valence-corrected chi connectivity index (χ1v) is 8.74. The number of nitrogens with one attached hydrogen (secondary N) is 1. The number of rotatable bonds is 5. The predicted octanol–water partition coefficient (Wildman–Crippen LogP) is 1.08. The summed E-state index contributed by atoms with van der Waals surface area (Å²) in [4.78, 5) is 38.6. The highest BCUT2D eigenvalue weighted by Gasteiger charge is 2.57. The van der Waals surface area contributed by atoms with Crippen molar-refractivity contribution in [1.82, 2.24) is 10.2 Å². The molecule has 7 nitrogen and oxygen atoms in total. The van der Waals surface area contributed by atoms with Gasteiger partial charge in [-0.25, -0.2) is 4.79 Å². The van der Waals surface area contributed by atoms with Crippen LogP contribution in [0.2, 0.25) is 0 Å². The van der Waals surface area contributed by atoms with Crippen LogP contribution >= 0.6 is 11.8 Å². The smallest absolute Gasteiger partial charge is 0.333 e. The van der Waals surface area contributed by atoms with E-state index in [2.05, 4.69) is 18.5 Å². The number of ether oxygens (including phenoxy) is 2. The van der Waals surface area contributed by atoms with E-state index < -0.39 is 29.3 Å². The maximum Gasteiger partial charge on any atom is 0.333 e. The van der Waals surface area contributed by atoms with Gasteiger partial charge in [0.2, 0.25) is 5.91 Å². The SMILES string of the molecule is C=C1S[C@@H]2[C@H](NC(=O)COc3ccccc3)C(=O)N2C(C(=O)OC)C1=C. The van der Waals surface area contributed by atoms with Crippen molar-refractivity contribution in [3.05, 3.63) is 54.0 Å². The minimum atomic E-state index is -0.903. The van der Waals surface area contributed by atoms with E-state index in [1.807, 2.05) is 6.07 Å². The molecule has 0 spiro atoms. The lowest BCUT2D eigenvalue weighted by atomic mass is 9.97. The number of carbonyl (C=O) groups is 3. The Bertz CT molecular complexity index is 779. The van der Waals surface area contributed by atoms with E-state index in [0.717, 1.165) is 0 Å². The van der Waals surface area contributed by atoms with Gasteiger partial charge in [-0.1, -0.05) is 43.1 Å².